The first-order valence-electron chi connectivity index (χ1n) is 8.60. The average Bonchev–Trinajstić information content (AvgIpc) is 2.74. The predicted octanol–water partition coefficient (Wildman–Crippen LogP) is 5.27. The Balaban J connectivity index is 2.23. The number of hydrogen-bond acceptors (Lipinski definition) is 6. The first-order chi connectivity index (χ1) is 14.4. The summed E-state index contributed by atoms with van der Waals surface area (Å²) in [6, 6.07) is 9.49. The lowest BCUT2D eigenvalue weighted by molar-refractivity contribution is 0.352. The number of benzene rings is 2. The minimum absolute atomic E-state index is 0.323. The molecule has 0 fully saturated rings. The zero-order valence-corrected chi connectivity index (χ0v) is 20.8. The number of nitriles is 1. The van der Waals surface area contributed by atoms with E-state index in [2.05, 4.69) is 43.2 Å². The van der Waals surface area contributed by atoms with Crippen molar-refractivity contribution in [3.05, 3.63) is 49.9 Å². The van der Waals surface area contributed by atoms with Crippen LogP contribution in [0.25, 0.3) is 6.08 Å². The Morgan fingerprint density at radius 2 is 1.53 bits per heavy atom. The standard InChI is InChI=1S/C21H20Br2N2O4S/c1-26-17-8-12(6-15(22)19(17)28-3)5-14(10-24)21(30)25-11-13-7-16(23)20(29-4)18(9-13)27-2/h5-9H,11H2,1-4H3,(H,25,30)/b14-5-. The highest BCUT2D eigenvalue weighted by Gasteiger charge is 2.13. The van der Waals surface area contributed by atoms with Crippen LogP contribution in [0.5, 0.6) is 23.0 Å². The smallest absolute Gasteiger partial charge is 0.174 e. The molecule has 0 atom stereocenters. The number of halogens is 2. The van der Waals surface area contributed by atoms with Crippen LogP contribution in [-0.4, -0.2) is 33.4 Å². The largest absolute Gasteiger partial charge is 0.493 e. The number of rotatable bonds is 8. The number of nitrogens with zero attached hydrogens (tertiary/aromatic N) is 1. The molecule has 9 heteroatoms. The SMILES string of the molecule is COc1cc(/C=C(/C#N)C(=S)NCc2cc(Br)c(OC)c(OC)c2)cc(Br)c1OC. The first kappa shape index (κ1) is 24.0. The monoisotopic (exact) mass is 554 g/mol. The second kappa shape index (κ2) is 11.2. The fraction of sp³-hybridized carbons (Fsp3) is 0.238. The number of nitrogens with one attached hydrogen (secondary N) is 1. The summed E-state index contributed by atoms with van der Waals surface area (Å²) in [7, 11) is 6.26. The van der Waals surface area contributed by atoms with Crippen molar-refractivity contribution in [2.45, 2.75) is 6.54 Å². The van der Waals surface area contributed by atoms with Gasteiger partial charge in [0.05, 0.1) is 43.0 Å². The quantitative estimate of drug-likeness (QED) is 0.270. The molecule has 0 amide bonds. The number of hydrogen-bond donors (Lipinski definition) is 1. The van der Waals surface area contributed by atoms with Crippen LogP contribution in [0.3, 0.4) is 0 Å². The van der Waals surface area contributed by atoms with E-state index in [4.69, 9.17) is 31.2 Å². The van der Waals surface area contributed by atoms with Crippen LogP contribution in [0.4, 0.5) is 0 Å². The zero-order chi connectivity index (χ0) is 22.3. The summed E-state index contributed by atoms with van der Waals surface area (Å²) < 4.78 is 22.8. The van der Waals surface area contributed by atoms with Crippen LogP contribution in [0.1, 0.15) is 11.1 Å². The average molecular weight is 556 g/mol. The predicted molar refractivity (Wildman–Crippen MR) is 128 cm³/mol. The number of methoxy groups -OCH3 is 4. The molecule has 2 rings (SSSR count). The van der Waals surface area contributed by atoms with Gasteiger partial charge in [0.1, 0.15) is 11.1 Å². The highest BCUT2D eigenvalue weighted by molar-refractivity contribution is 9.11. The summed E-state index contributed by atoms with van der Waals surface area (Å²) >= 11 is 12.3. The van der Waals surface area contributed by atoms with Crippen LogP contribution < -0.4 is 24.3 Å². The molecule has 2 aromatic rings. The molecular formula is C21H20Br2N2O4S. The maximum atomic E-state index is 9.59. The van der Waals surface area contributed by atoms with Crippen molar-refractivity contribution in [2.24, 2.45) is 0 Å². The Kier molecular flexibility index (Phi) is 8.96. The second-order valence-corrected chi connectivity index (χ2v) is 8.02. The molecule has 158 valence electrons. The third-order valence-corrected chi connectivity index (χ3v) is 5.62. The van der Waals surface area contributed by atoms with Crippen molar-refractivity contribution in [3.8, 4) is 29.1 Å². The Hall–Kier alpha value is -2.28. The van der Waals surface area contributed by atoms with Crippen molar-refractivity contribution >= 4 is 55.1 Å². The Morgan fingerprint density at radius 3 is 2.07 bits per heavy atom. The maximum absolute atomic E-state index is 9.59. The molecule has 0 aliphatic heterocycles. The molecule has 0 saturated carbocycles. The van der Waals surface area contributed by atoms with E-state index < -0.39 is 0 Å². The number of thiocarbonyl (C=S) groups is 1. The molecule has 2 aromatic carbocycles. The number of ether oxygens (including phenoxy) is 4. The van der Waals surface area contributed by atoms with Crippen molar-refractivity contribution < 1.29 is 18.9 Å². The summed E-state index contributed by atoms with van der Waals surface area (Å²) in [6.45, 7) is 0.409. The molecule has 0 aromatic heterocycles. The van der Waals surface area contributed by atoms with Crippen LogP contribution in [0.2, 0.25) is 0 Å². The third-order valence-electron chi connectivity index (χ3n) is 4.08. The molecule has 0 bridgehead atoms. The van der Waals surface area contributed by atoms with Crippen LogP contribution in [-0.2, 0) is 6.54 Å². The lowest BCUT2D eigenvalue weighted by Gasteiger charge is -2.13. The maximum Gasteiger partial charge on any atom is 0.174 e. The molecular weight excluding hydrogens is 536 g/mol. The van der Waals surface area contributed by atoms with E-state index in [0.717, 1.165) is 15.6 Å². The topological polar surface area (TPSA) is 72.7 Å². The minimum Gasteiger partial charge on any atom is -0.493 e. The van der Waals surface area contributed by atoms with E-state index in [1.807, 2.05) is 18.2 Å². The van der Waals surface area contributed by atoms with Gasteiger partial charge in [-0.2, -0.15) is 5.26 Å². The van der Waals surface area contributed by atoms with Gasteiger partial charge in [0, 0.05) is 6.54 Å². The second-order valence-electron chi connectivity index (χ2n) is 5.90. The molecule has 0 aliphatic rings. The van der Waals surface area contributed by atoms with Crippen LogP contribution >= 0.6 is 44.1 Å². The van der Waals surface area contributed by atoms with Crippen LogP contribution in [0.15, 0.2) is 38.8 Å². The van der Waals surface area contributed by atoms with Gasteiger partial charge in [-0.25, -0.2) is 0 Å². The van der Waals surface area contributed by atoms with Gasteiger partial charge in [-0.3, -0.25) is 0 Å². The molecule has 6 nitrogen and oxygen atoms in total. The van der Waals surface area contributed by atoms with Gasteiger partial charge in [-0.05, 0) is 73.3 Å². The molecule has 0 unspecified atom stereocenters. The van der Waals surface area contributed by atoms with Gasteiger partial charge in [0.15, 0.2) is 23.0 Å². The van der Waals surface area contributed by atoms with E-state index in [0.29, 0.717) is 44.6 Å². The summed E-state index contributed by atoms with van der Waals surface area (Å²) in [4.78, 5) is 0.328. The van der Waals surface area contributed by atoms with E-state index in [9.17, 15) is 5.26 Å². The normalized spacial score (nSPS) is 10.8. The summed E-state index contributed by atoms with van der Waals surface area (Å²) in [5.74, 6) is 2.33. The molecule has 30 heavy (non-hydrogen) atoms. The van der Waals surface area contributed by atoms with Gasteiger partial charge >= 0.3 is 0 Å². The Morgan fingerprint density at radius 1 is 0.967 bits per heavy atom. The molecule has 0 saturated heterocycles. The third kappa shape index (κ3) is 5.65. The van der Waals surface area contributed by atoms with Gasteiger partial charge in [-0.1, -0.05) is 12.2 Å². The molecule has 1 N–H and O–H groups in total. The lowest BCUT2D eigenvalue weighted by Crippen LogP contribution is -2.22. The van der Waals surface area contributed by atoms with Gasteiger partial charge in [-0.15, -0.1) is 0 Å². The van der Waals surface area contributed by atoms with Crippen molar-refractivity contribution in [2.75, 3.05) is 28.4 Å². The van der Waals surface area contributed by atoms with E-state index in [1.165, 1.54) is 0 Å². The highest BCUT2D eigenvalue weighted by Crippen LogP contribution is 2.37. The molecule has 0 heterocycles. The first-order valence-corrected chi connectivity index (χ1v) is 10.6. The van der Waals surface area contributed by atoms with Gasteiger partial charge < -0.3 is 24.3 Å². The van der Waals surface area contributed by atoms with E-state index in [-0.39, 0.29) is 0 Å². The fourth-order valence-electron chi connectivity index (χ4n) is 2.69. The fourth-order valence-corrected chi connectivity index (χ4v) is 4.14. The Labute approximate surface area is 198 Å². The molecule has 0 spiro atoms. The molecule has 0 aliphatic carbocycles. The highest BCUT2D eigenvalue weighted by atomic mass is 79.9. The molecule has 0 radical (unpaired) electrons. The van der Waals surface area contributed by atoms with Crippen molar-refractivity contribution in [1.82, 2.24) is 5.32 Å². The lowest BCUT2D eigenvalue weighted by atomic mass is 10.1. The van der Waals surface area contributed by atoms with Crippen molar-refractivity contribution in [3.63, 3.8) is 0 Å². The van der Waals surface area contributed by atoms with E-state index in [1.54, 1.807) is 40.6 Å². The van der Waals surface area contributed by atoms with Gasteiger partial charge in [0.25, 0.3) is 0 Å². The van der Waals surface area contributed by atoms with Crippen LogP contribution in [0, 0.1) is 11.3 Å². The summed E-state index contributed by atoms with van der Waals surface area (Å²) in [6.07, 6.45) is 1.69. The Bertz CT molecular complexity index is 1020. The summed E-state index contributed by atoms with van der Waals surface area (Å²) in [5, 5.41) is 12.7. The van der Waals surface area contributed by atoms with Crippen molar-refractivity contribution in [1.29, 1.82) is 5.26 Å². The van der Waals surface area contributed by atoms with Gasteiger partial charge in [0.2, 0.25) is 0 Å². The summed E-state index contributed by atoms with van der Waals surface area (Å²) in [5.41, 5.74) is 1.98. The zero-order valence-electron chi connectivity index (χ0n) is 16.8. The minimum atomic E-state index is 0.323. The van der Waals surface area contributed by atoms with E-state index >= 15 is 0 Å².